The molecule has 2 rings (SSSR count). The summed E-state index contributed by atoms with van der Waals surface area (Å²) in [5.41, 5.74) is 0.369. The van der Waals surface area contributed by atoms with Gasteiger partial charge in [-0.2, -0.15) is 0 Å². The van der Waals surface area contributed by atoms with Crippen LogP contribution in [0.15, 0.2) is 29.6 Å². The van der Waals surface area contributed by atoms with E-state index in [-0.39, 0.29) is 11.7 Å². The molecule has 1 amide bonds. The second-order valence-electron chi connectivity index (χ2n) is 4.77. The number of hydrogen-bond acceptors (Lipinski definition) is 6. The van der Waals surface area contributed by atoms with Crippen LogP contribution in [-0.4, -0.2) is 30.4 Å². The molecule has 0 fully saturated rings. The van der Waals surface area contributed by atoms with Gasteiger partial charge >= 0.3 is 0 Å². The van der Waals surface area contributed by atoms with Crippen molar-refractivity contribution in [2.75, 3.05) is 19.0 Å². The van der Waals surface area contributed by atoms with Crippen molar-refractivity contribution in [3.63, 3.8) is 0 Å². The number of rotatable bonds is 8. The van der Waals surface area contributed by atoms with Crippen LogP contribution in [0.25, 0.3) is 0 Å². The molecule has 0 saturated carbocycles. The molecule has 6 nitrogen and oxygen atoms in total. The number of carbonyl (C=O) groups excluding carboxylic acids is 2. The van der Waals surface area contributed by atoms with Gasteiger partial charge in [0, 0.05) is 18.7 Å². The van der Waals surface area contributed by atoms with Gasteiger partial charge in [-0.05, 0) is 30.7 Å². The van der Waals surface area contributed by atoms with E-state index < -0.39 is 0 Å². The average Bonchev–Trinajstić information content (AvgIpc) is 3.01. The van der Waals surface area contributed by atoms with E-state index >= 15 is 0 Å². The number of benzene rings is 1. The molecule has 1 heterocycles. The Morgan fingerprint density at radius 2 is 1.91 bits per heavy atom. The van der Waals surface area contributed by atoms with Crippen LogP contribution in [0.2, 0.25) is 0 Å². The Morgan fingerprint density at radius 1 is 1.22 bits per heavy atom. The summed E-state index contributed by atoms with van der Waals surface area (Å²) in [5.74, 6) is 1.24. The Bertz CT molecular complexity index is 667. The predicted molar refractivity (Wildman–Crippen MR) is 88.5 cm³/mol. The van der Waals surface area contributed by atoms with Gasteiger partial charge in [0.2, 0.25) is 5.91 Å². The first kappa shape index (κ1) is 17.0. The van der Waals surface area contributed by atoms with E-state index in [0.29, 0.717) is 30.3 Å². The van der Waals surface area contributed by atoms with Crippen molar-refractivity contribution in [3.05, 3.63) is 35.3 Å². The van der Waals surface area contributed by atoms with Crippen molar-refractivity contribution < 1.29 is 19.1 Å². The number of amides is 1. The molecule has 0 bridgehead atoms. The summed E-state index contributed by atoms with van der Waals surface area (Å²) in [6, 6.07) is 7.27. The predicted octanol–water partition coefficient (Wildman–Crippen LogP) is 3.15. The number of carbonyl (C=O) groups is 2. The minimum atomic E-state index is -0.146. The maximum absolute atomic E-state index is 11.8. The first-order valence-corrected chi connectivity index (χ1v) is 7.99. The fourth-order valence-corrected chi connectivity index (χ4v) is 2.54. The van der Waals surface area contributed by atoms with E-state index in [2.05, 4.69) is 10.3 Å². The van der Waals surface area contributed by atoms with Gasteiger partial charge in [-0.3, -0.25) is 9.59 Å². The van der Waals surface area contributed by atoms with Crippen LogP contribution >= 0.6 is 11.3 Å². The van der Waals surface area contributed by atoms with Crippen LogP contribution in [-0.2, 0) is 4.79 Å². The number of thiazole rings is 1. The van der Waals surface area contributed by atoms with E-state index in [9.17, 15) is 9.59 Å². The van der Waals surface area contributed by atoms with Gasteiger partial charge in [-0.25, -0.2) is 4.98 Å². The van der Waals surface area contributed by atoms with Gasteiger partial charge in [0.1, 0.15) is 17.2 Å². The van der Waals surface area contributed by atoms with Crippen LogP contribution < -0.4 is 14.8 Å². The second-order valence-corrected chi connectivity index (χ2v) is 5.63. The third-order valence-corrected chi connectivity index (χ3v) is 3.75. The average molecular weight is 334 g/mol. The zero-order valence-electron chi connectivity index (χ0n) is 13.0. The molecule has 0 saturated heterocycles. The summed E-state index contributed by atoms with van der Waals surface area (Å²) in [7, 11) is 1.61. The molecule has 0 aliphatic carbocycles. The Balaban J connectivity index is 1.68. The Labute approximate surface area is 138 Å². The van der Waals surface area contributed by atoms with Gasteiger partial charge in [0.15, 0.2) is 10.9 Å². The topological polar surface area (TPSA) is 77.5 Å². The van der Waals surface area contributed by atoms with Gasteiger partial charge < -0.3 is 14.8 Å². The van der Waals surface area contributed by atoms with Crippen LogP contribution in [0.3, 0.4) is 0 Å². The van der Waals surface area contributed by atoms with Crippen LogP contribution in [0.4, 0.5) is 5.13 Å². The van der Waals surface area contributed by atoms with Crippen molar-refractivity contribution in [1.29, 1.82) is 0 Å². The van der Waals surface area contributed by atoms with E-state index in [1.54, 1.807) is 12.5 Å². The highest BCUT2D eigenvalue weighted by molar-refractivity contribution is 7.14. The second kappa shape index (κ2) is 8.28. The molecule has 0 atom stereocenters. The molecule has 1 aromatic heterocycles. The summed E-state index contributed by atoms with van der Waals surface area (Å²) in [5, 5.41) is 4.75. The van der Waals surface area contributed by atoms with Crippen LogP contribution in [0, 0.1) is 0 Å². The maximum Gasteiger partial charge on any atom is 0.226 e. The highest BCUT2D eigenvalue weighted by Crippen LogP contribution is 2.18. The normalized spacial score (nSPS) is 10.2. The minimum absolute atomic E-state index is 0.116. The van der Waals surface area contributed by atoms with E-state index in [4.69, 9.17) is 9.47 Å². The van der Waals surface area contributed by atoms with Crippen molar-refractivity contribution in [3.8, 4) is 11.5 Å². The van der Waals surface area contributed by atoms with Crippen molar-refractivity contribution in [2.45, 2.75) is 19.8 Å². The number of anilines is 1. The number of nitrogens with one attached hydrogen (secondary N) is 1. The number of methoxy groups -OCH3 is 1. The van der Waals surface area contributed by atoms with Crippen molar-refractivity contribution >= 4 is 28.2 Å². The van der Waals surface area contributed by atoms with Gasteiger partial charge in [-0.1, -0.05) is 0 Å². The van der Waals surface area contributed by atoms with E-state index in [0.717, 1.165) is 11.5 Å². The lowest BCUT2D eigenvalue weighted by atomic mass is 10.3. The molecular weight excluding hydrogens is 316 g/mol. The molecule has 0 spiro atoms. The highest BCUT2D eigenvalue weighted by atomic mass is 32.1. The molecule has 2 aromatic rings. The zero-order valence-corrected chi connectivity index (χ0v) is 13.8. The summed E-state index contributed by atoms with van der Waals surface area (Å²) in [4.78, 5) is 27.0. The highest BCUT2D eigenvalue weighted by Gasteiger charge is 2.09. The number of nitrogens with zero attached hydrogens (tertiary/aromatic N) is 1. The molecule has 7 heteroatoms. The fraction of sp³-hybridized carbons (Fsp3) is 0.312. The monoisotopic (exact) mass is 334 g/mol. The Kier molecular flexibility index (Phi) is 6.10. The third kappa shape index (κ3) is 5.37. The van der Waals surface area contributed by atoms with E-state index in [1.165, 1.54) is 18.3 Å². The molecule has 1 N–H and O–H groups in total. The largest absolute Gasteiger partial charge is 0.497 e. The van der Waals surface area contributed by atoms with Crippen molar-refractivity contribution in [2.24, 2.45) is 0 Å². The first-order chi connectivity index (χ1) is 11.1. The first-order valence-electron chi connectivity index (χ1n) is 7.11. The summed E-state index contributed by atoms with van der Waals surface area (Å²) in [6.07, 6.45) is 0.911. The molecule has 122 valence electrons. The quantitative estimate of drug-likeness (QED) is 0.593. The molecular formula is C16H18N2O4S. The van der Waals surface area contributed by atoms with Gasteiger partial charge in [0.05, 0.1) is 13.7 Å². The molecule has 0 aliphatic heterocycles. The third-order valence-electron chi connectivity index (χ3n) is 2.99. The SMILES string of the molecule is COc1ccc(OCCCC(=O)Nc2nc(C(C)=O)cs2)cc1. The van der Waals surface area contributed by atoms with Gasteiger partial charge in [0.25, 0.3) is 0 Å². The zero-order chi connectivity index (χ0) is 16.7. The lowest BCUT2D eigenvalue weighted by molar-refractivity contribution is -0.116. The number of hydrogen-bond donors (Lipinski definition) is 1. The number of ether oxygens (including phenoxy) is 2. The molecule has 0 aliphatic rings. The smallest absolute Gasteiger partial charge is 0.226 e. The van der Waals surface area contributed by atoms with Gasteiger partial charge in [-0.15, -0.1) is 11.3 Å². The van der Waals surface area contributed by atoms with Crippen LogP contribution in [0.1, 0.15) is 30.3 Å². The molecule has 0 radical (unpaired) electrons. The summed E-state index contributed by atoms with van der Waals surface area (Å²) < 4.78 is 10.6. The number of aromatic nitrogens is 1. The lowest BCUT2D eigenvalue weighted by Crippen LogP contribution is -2.12. The fourth-order valence-electron chi connectivity index (χ4n) is 1.77. The minimum Gasteiger partial charge on any atom is -0.497 e. The summed E-state index contributed by atoms with van der Waals surface area (Å²) >= 11 is 1.24. The number of ketones is 1. The standard InChI is InChI=1S/C16H18N2O4S/c1-11(19)14-10-23-16(17-14)18-15(20)4-3-9-22-13-7-5-12(21-2)6-8-13/h5-8,10H,3-4,9H2,1-2H3,(H,17,18,20). The summed E-state index contributed by atoms with van der Waals surface area (Å²) in [6.45, 7) is 1.88. The van der Waals surface area contributed by atoms with Crippen LogP contribution in [0.5, 0.6) is 11.5 Å². The van der Waals surface area contributed by atoms with E-state index in [1.807, 2.05) is 24.3 Å². The molecule has 1 aromatic carbocycles. The molecule has 0 unspecified atom stereocenters. The lowest BCUT2D eigenvalue weighted by Gasteiger charge is -2.07. The Hall–Kier alpha value is -2.41. The maximum atomic E-state index is 11.8. The molecule has 23 heavy (non-hydrogen) atoms. The van der Waals surface area contributed by atoms with Crippen molar-refractivity contribution in [1.82, 2.24) is 4.98 Å². The number of Topliss-reactive ketones (excluding diaryl/α,β-unsaturated/α-hetero) is 1. The Morgan fingerprint density at radius 3 is 2.52 bits per heavy atom.